The van der Waals surface area contributed by atoms with Crippen LogP contribution in [-0.2, 0) is 4.74 Å². The minimum atomic E-state index is -0.431. The fraction of sp³-hybridized carbons (Fsp3) is 0.917. The Bertz CT molecular complexity index is 200. The van der Waals surface area contributed by atoms with E-state index in [4.69, 9.17) is 4.74 Å². The summed E-state index contributed by atoms with van der Waals surface area (Å²) in [5.41, 5.74) is -0.431. The Kier molecular flexibility index (Phi) is 7.13. The molecule has 0 aromatic rings. The average molecular weight is 230 g/mol. The van der Waals surface area contributed by atoms with Gasteiger partial charge in [0.25, 0.3) is 0 Å². The third-order valence-corrected chi connectivity index (χ3v) is 2.03. The predicted octanol–water partition coefficient (Wildman–Crippen LogP) is 2.29. The van der Waals surface area contributed by atoms with E-state index in [0.717, 1.165) is 25.9 Å². The van der Waals surface area contributed by atoms with Gasteiger partial charge in [0.1, 0.15) is 5.60 Å². The van der Waals surface area contributed by atoms with Gasteiger partial charge >= 0.3 is 6.09 Å². The molecule has 0 aromatic heterocycles. The van der Waals surface area contributed by atoms with Gasteiger partial charge in [-0.05, 0) is 40.2 Å². The van der Waals surface area contributed by atoms with Crippen molar-refractivity contribution >= 4 is 6.09 Å². The Labute approximate surface area is 99.1 Å². The fourth-order valence-corrected chi connectivity index (χ4v) is 1.22. The van der Waals surface area contributed by atoms with Gasteiger partial charge in [0.15, 0.2) is 0 Å². The van der Waals surface area contributed by atoms with Gasteiger partial charge in [0, 0.05) is 12.6 Å². The Morgan fingerprint density at radius 3 is 2.38 bits per heavy atom. The molecule has 96 valence electrons. The van der Waals surface area contributed by atoms with Gasteiger partial charge in [-0.3, -0.25) is 0 Å². The molecule has 1 unspecified atom stereocenters. The molecule has 0 saturated heterocycles. The molecule has 0 aliphatic rings. The lowest BCUT2D eigenvalue weighted by atomic mass is 10.2. The summed E-state index contributed by atoms with van der Waals surface area (Å²) in [7, 11) is 0. The minimum absolute atomic E-state index is 0.140. The summed E-state index contributed by atoms with van der Waals surface area (Å²) in [6.07, 6.45) is 1.66. The molecule has 0 spiro atoms. The van der Waals surface area contributed by atoms with Crippen molar-refractivity contribution in [3.05, 3.63) is 0 Å². The van der Waals surface area contributed by atoms with Crippen LogP contribution in [-0.4, -0.2) is 30.8 Å². The lowest BCUT2D eigenvalue weighted by Gasteiger charge is -2.23. The SMILES string of the molecule is CCCNCC(CC)NC(=O)OC(C)(C)C. The van der Waals surface area contributed by atoms with Crippen LogP contribution in [0.1, 0.15) is 47.5 Å². The van der Waals surface area contributed by atoms with Crippen molar-refractivity contribution in [3.63, 3.8) is 0 Å². The second kappa shape index (κ2) is 7.49. The molecular formula is C12H26N2O2. The van der Waals surface area contributed by atoms with Gasteiger partial charge in [-0.2, -0.15) is 0 Å². The summed E-state index contributed by atoms with van der Waals surface area (Å²) in [5.74, 6) is 0. The van der Waals surface area contributed by atoms with E-state index >= 15 is 0 Å². The zero-order chi connectivity index (χ0) is 12.6. The maximum absolute atomic E-state index is 11.5. The first-order valence-electron chi connectivity index (χ1n) is 6.09. The van der Waals surface area contributed by atoms with Crippen molar-refractivity contribution in [3.8, 4) is 0 Å². The first kappa shape index (κ1) is 15.2. The van der Waals surface area contributed by atoms with Crippen molar-refractivity contribution in [1.82, 2.24) is 10.6 Å². The summed E-state index contributed by atoms with van der Waals surface area (Å²) in [6, 6.07) is 0.140. The smallest absolute Gasteiger partial charge is 0.407 e. The Balaban J connectivity index is 3.88. The molecule has 0 aliphatic heterocycles. The normalized spacial score (nSPS) is 13.3. The second-order valence-corrected chi connectivity index (χ2v) is 4.96. The van der Waals surface area contributed by atoms with Gasteiger partial charge in [-0.1, -0.05) is 13.8 Å². The summed E-state index contributed by atoms with van der Waals surface area (Å²) >= 11 is 0. The summed E-state index contributed by atoms with van der Waals surface area (Å²) < 4.78 is 5.20. The van der Waals surface area contributed by atoms with Crippen molar-refractivity contribution < 1.29 is 9.53 Å². The molecule has 2 N–H and O–H groups in total. The molecule has 1 amide bonds. The molecule has 1 atom stereocenters. The van der Waals surface area contributed by atoms with E-state index in [1.54, 1.807) is 0 Å². The van der Waals surface area contributed by atoms with Gasteiger partial charge in [-0.25, -0.2) is 4.79 Å². The third kappa shape index (κ3) is 8.53. The lowest BCUT2D eigenvalue weighted by molar-refractivity contribution is 0.0502. The molecule has 4 heteroatoms. The van der Waals surface area contributed by atoms with Crippen LogP contribution in [0.2, 0.25) is 0 Å². The maximum atomic E-state index is 11.5. The van der Waals surface area contributed by atoms with Crippen LogP contribution in [0.25, 0.3) is 0 Å². The number of nitrogens with one attached hydrogen (secondary N) is 2. The standard InChI is InChI=1S/C12H26N2O2/c1-6-8-13-9-10(7-2)14-11(15)16-12(3,4)5/h10,13H,6-9H2,1-5H3,(H,14,15). The highest BCUT2D eigenvalue weighted by atomic mass is 16.6. The van der Waals surface area contributed by atoms with Crippen LogP contribution in [0, 0.1) is 0 Å². The van der Waals surface area contributed by atoms with E-state index in [2.05, 4.69) is 24.5 Å². The molecule has 0 rings (SSSR count). The Morgan fingerprint density at radius 1 is 1.31 bits per heavy atom. The number of hydrogen-bond donors (Lipinski definition) is 2. The number of ether oxygens (including phenoxy) is 1. The molecule has 0 fully saturated rings. The van der Waals surface area contributed by atoms with Crippen molar-refractivity contribution in [2.75, 3.05) is 13.1 Å². The topological polar surface area (TPSA) is 50.4 Å². The Morgan fingerprint density at radius 2 is 1.94 bits per heavy atom. The zero-order valence-electron chi connectivity index (χ0n) is 11.2. The molecule has 0 aliphatic carbocycles. The molecule has 0 bridgehead atoms. The van der Waals surface area contributed by atoms with Crippen molar-refractivity contribution in [1.29, 1.82) is 0 Å². The molecule has 0 radical (unpaired) electrons. The van der Waals surface area contributed by atoms with Gasteiger partial charge in [0.2, 0.25) is 0 Å². The van der Waals surface area contributed by atoms with E-state index in [1.165, 1.54) is 0 Å². The van der Waals surface area contributed by atoms with Crippen LogP contribution in [0.4, 0.5) is 4.79 Å². The van der Waals surface area contributed by atoms with Gasteiger partial charge in [-0.15, -0.1) is 0 Å². The van der Waals surface area contributed by atoms with E-state index in [0.29, 0.717) is 0 Å². The number of carbonyl (C=O) groups is 1. The largest absolute Gasteiger partial charge is 0.444 e. The van der Waals surface area contributed by atoms with Crippen LogP contribution >= 0.6 is 0 Å². The summed E-state index contributed by atoms with van der Waals surface area (Å²) in [6.45, 7) is 11.5. The minimum Gasteiger partial charge on any atom is -0.444 e. The highest BCUT2D eigenvalue weighted by molar-refractivity contribution is 5.68. The number of rotatable bonds is 6. The van der Waals surface area contributed by atoms with Gasteiger partial charge in [0.05, 0.1) is 0 Å². The lowest BCUT2D eigenvalue weighted by Crippen LogP contribution is -2.44. The zero-order valence-corrected chi connectivity index (χ0v) is 11.2. The summed E-state index contributed by atoms with van der Waals surface area (Å²) in [4.78, 5) is 11.5. The van der Waals surface area contributed by atoms with Crippen LogP contribution in [0.15, 0.2) is 0 Å². The highest BCUT2D eigenvalue weighted by Gasteiger charge is 2.18. The summed E-state index contributed by atoms with van der Waals surface area (Å²) in [5, 5.41) is 6.14. The fourth-order valence-electron chi connectivity index (χ4n) is 1.22. The van der Waals surface area contributed by atoms with Crippen LogP contribution < -0.4 is 10.6 Å². The van der Waals surface area contributed by atoms with Crippen molar-refractivity contribution in [2.45, 2.75) is 59.1 Å². The molecule has 0 saturated carbocycles. The highest BCUT2D eigenvalue weighted by Crippen LogP contribution is 2.06. The van der Waals surface area contributed by atoms with E-state index in [1.807, 2.05) is 20.8 Å². The maximum Gasteiger partial charge on any atom is 0.407 e. The number of alkyl carbamates (subject to hydrolysis) is 1. The predicted molar refractivity (Wildman–Crippen MR) is 66.6 cm³/mol. The molecule has 0 heterocycles. The average Bonchev–Trinajstić information content (AvgIpc) is 2.13. The van der Waals surface area contributed by atoms with Crippen LogP contribution in [0.5, 0.6) is 0 Å². The number of amides is 1. The molecular weight excluding hydrogens is 204 g/mol. The molecule has 4 nitrogen and oxygen atoms in total. The van der Waals surface area contributed by atoms with E-state index in [-0.39, 0.29) is 12.1 Å². The first-order chi connectivity index (χ1) is 7.39. The number of carbonyl (C=O) groups excluding carboxylic acids is 1. The molecule has 16 heavy (non-hydrogen) atoms. The first-order valence-corrected chi connectivity index (χ1v) is 6.09. The van der Waals surface area contributed by atoms with Crippen LogP contribution in [0.3, 0.4) is 0 Å². The van der Waals surface area contributed by atoms with Crippen molar-refractivity contribution in [2.24, 2.45) is 0 Å². The Hall–Kier alpha value is -0.770. The van der Waals surface area contributed by atoms with Gasteiger partial charge < -0.3 is 15.4 Å². The monoisotopic (exact) mass is 230 g/mol. The quantitative estimate of drug-likeness (QED) is 0.688. The third-order valence-electron chi connectivity index (χ3n) is 2.03. The van der Waals surface area contributed by atoms with E-state index in [9.17, 15) is 4.79 Å². The second-order valence-electron chi connectivity index (χ2n) is 4.96. The number of hydrogen-bond acceptors (Lipinski definition) is 3. The molecule has 0 aromatic carbocycles. The van der Waals surface area contributed by atoms with E-state index < -0.39 is 5.60 Å².